The van der Waals surface area contributed by atoms with E-state index < -0.39 is 10.2 Å². The number of fused-ring (bicyclic) bond motifs is 1. The lowest BCUT2D eigenvalue weighted by molar-refractivity contribution is 0.0185. The third kappa shape index (κ3) is 3.67. The molecule has 0 fully saturated rings. The Morgan fingerprint density at radius 3 is 2.88 bits per heavy atom. The molecule has 0 saturated carbocycles. The molecule has 0 bridgehead atoms. The van der Waals surface area contributed by atoms with E-state index in [1.165, 1.54) is 22.7 Å². The van der Waals surface area contributed by atoms with Crippen LogP contribution >= 0.6 is 11.3 Å². The Balaban J connectivity index is 1.78. The van der Waals surface area contributed by atoms with Gasteiger partial charge in [-0.3, -0.25) is 4.68 Å². The molecule has 0 amide bonds. The van der Waals surface area contributed by atoms with Crippen LogP contribution in [-0.2, 0) is 34.6 Å². The second-order valence-electron chi connectivity index (χ2n) is 5.88. The van der Waals surface area contributed by atoms with Crippen LogP contribution in [0.5, 0.6) is 0 Å². The SMILES string of the molecule is Cc1nc(CO[C@H]2CN(S(=O)(=O)N(C)C)Cc3ccnn3C2)cs1. The van der Waals surface area contributed by atoms with E-state index in [1.54, 1.807) is 17.5 Å². The van der Waals surface area contributed by atoms with Gasteiger partial charge >= 0.3 is 0 Å². The molecule has 0 saturated heterocycles. The smallest absolute Gasteiger partial charge is 0.281 e. The lowest BCUT2D eigenvalue weighted by Crippen LogP contribution is -2.43. The average molecular weight is 371 g/mol. The zero-order valence-electron chi connectivity index (χ0n) is 13.9. The third-order valence-electron chi connectivity index (χ3n) is 3.85. The minimum absolute atomic E-state index is 0.285. The second-order valence-corrected chi connectivity index (χ2v) is 9.08. The van der Waals surface area contributed by atoms with Gasteiger partial charge < -0.3 is 4.74 Å². The lowest BCUT2D eigenvalue weighted by Gasteiger charge is -2.26. The van der Waals surface area contributed by atoms with Gasteiger partial charge in [0.05, 0.1) is 42.2 Å². The predicted octanol–water partition coefficient (Wildman–Crippen LogP) is 0.855. The van der Waals surface area contributed by atoms with E-state index in [2.05, 4.69) is 10.1 Å². The van der Waals surface area contributed by atoms with E-state index in [9.17, 15) is 8.42 Å². The molecule has 0 radical (unpaired) electrons. The van der Waals surface area contributed by atoms with Crippen molar-refractivity contribution < 1.29 is 13.2 Å². The second kappa shape index (κ2) is 6.89. The molecular formula is C14H21N5O3S2. The highest BCUT2D eigenvalue weighted by Gasteiger charge is 2.32. The number of aromatic nitrogens is 3. The van der Waals surface area contributed by atoms with Crippen LogP contribution < -0.4 is 0 Å². The maximum absolute atomic E-state index is 12.5. The number of hydrogen-bond acceptors (Lipinski definition) is 6. The van der Waals surface area contributed by atoms with Crippen molar-refractivity contribution in [3.05, 3.63) is 34.0 Å². The van der Waals surface area contributed by atoms with Gasteiger partial charge in [0, 0.05) is 32.2 Å². The zero-order chi connectivity index (χ0) is 17.3. The molecule has 0 spiro atoms. The zero-order valence-corrected chi connectivity index (χ0v) is 15.5. The molecule has 24 heavy (non-hydrogen) atoms. The molecule has 3 heterocycles. The normalized spacial score (nSPS) is 19.4. The van der Waals surface area contributed by atoms with Crippen molar-refractivity contribution in [1.82, 2.24) is 23.4 Å². The first-order valence-corrected chi connectivity index (χ1v) is 9.85. The van der Waals surface area contributed by atoms with Crippen molar-refractivity contribution in [3.63, 3.8) is 0 Å². The van der Waals surface area contributed by atoms with Crippen molar-refractivity contribution in [2.75, 3.05) is 20.6 Å². The summed E-state index contributed by atoms with van der Waals surface area (Å²) in [5.74, 6) is 0. The van der Waals surface area contributed by atoms with Crippen molar-refractivity contribution in [3.8, 4) is 0 Å². The van der Waals surface area contributed by atoms with Crippen molar-refractivity contribution in [2.24, 2.45) is 0 Å². The van der Waals surface area contributed by atoms with Crippen LogP contribution in [0.2, 0.25) is 0 Å². The van der Waals surface area contributed by atoms with Gasteiger partial charge in [-0.2, -0.15) is 22.1 Å². The maximum atomic E-state index is 12.5. The number of hydrogen-bond donors (Lipinski definition) is 0. The molecular weight excluding hydrogens is 350 g/mol. The quantitative estimate of drug-likeness (QED) is 0.779. The summed E-state index contributed by atoms with van der Waals surface area (Å²) in [6.07, 6.45) is 1.39. The third-order valence-corrected chi connectivity index (χ3v) is 6.52. The Bertz CT molecular complexity index is 799. The maximum Gasteiger partial charge on any atom is 0.281 e. The van der Waals surface area contributed by atoms with Gasteiger partial charge in [0.1, 0.15) is 0 Å². The van der Waals surface area contributed by atoms with E-state index in [0.717, 1.165) is 16.4 Å². The molecule has 132 valence electrons. The number of aryl methyl sites for hydroxylation is 1. The Morgan fingerprint density at radius 1 is 1.42 bits per heavy atom. The molecule has 1 aliphatic heterocycles. The van der Waals surface area contributed by atoms with E-state index in [-0.39, 0.29) is 19.2 Å². The fourth-order valence-corrected chi connectivity index (χ4v) is 4.28. The van der Waals surface area contributed by atoms with Crippen molar-refractivity contribution >= 4 is 21.5 Å². The molecule has 0 aliphatic carbocycles. The molecule has 1 aliphatic rings. The fourth-order valence-electron chi connectivity index (χ4n) is 2.57. The molecule has 8 nitrogen and oxygen atoms in total. The van der Waals surface area contributed by atoms with E-state index in [4.69, 9.17) is 4.74 Å². The van der Waals surface area contributed by atoms with Gasteiger partial charge in [-0.1, -0.05) is 0 Å². The monoisotopic (exact) mass is 371 g/mol. The van der Waals surface area contributed by atoms with Gasteiger partial charge in [-0.15, -0.1) is 11.3 Å². The largest absolute Gasteiger partial charge is 0.369 e. The molecule has 3 rings (SSSR count). The van der Waals surface area contributed by atoms with E-state index >= 15 is 0 Å². The number of ether oxygens (including phenoxy) is 1. The molecule has 2 aromatic heterocycles. The first-order valence-electron chi connectivity index (χ1n) is 7.57. The number of thiazole rings is 1. The summed E-state index contributed by atoms with van der Waals surface area (Å²) in [6, 6.07) is 1.84. The Hall–Kier alpha value is -1.33. The molecule has 2 aromatic rings. The molecule has 0 unspecified atom stereocenters. The molecule has 1 atom stereocenters. The average Bonchev–Trinajstić information content (AvgIpc) is 3.09. The molecule has 0 aromatic carbocycles. The van der Waals surface area contributed by atoms with Crippen LogP contribution in [0, 0.1) is 6.92 Å². The summed E-state index contributed by atoms with van der Waals surface area (Å²) in [7, 11) is -0.457. The number of rotatable bonds is 5. The highest BCUT2D eigenvalue weighted by atomic mass is 32.2. The molecule has 10 heteroatoms. The van der Waals surface area contributed by atoms with Crippen molar-refractivity contribution in [1.29, 1.82) is 0 Å². The summed E-state index contributed by atoms with van der Waals surface area (Å²) < 4.78 is 35.5. The first-order chi connectivity index (χ1) is 11.4. The van der Waals surface area contributed by atoms with Crippen LogP contribution in [0.3, 0.4) is 0 Å². The summed E-state index contributed by atoms with van der Waals surface area (Å²) in [4.78, 5) is 4.38. The van der Waals surface area contributed by atoms with Gasteiger partial charge in [-0.05, 0) is 13.0 Å². The van der Waals surface area contributed by atoms with Crippen LogP contribution in [0.25, 0.3) is 0 Å². The van der Waals surface area contributed by atoms with Gasteiger partial charge in [0.25, 0.3) is 10.2 Å². The minimum Gasteiger partial charge on any atom is -0.369 e. The first kappa shape index (κ1) is 17.5. The summed E-state index contributed by atoms with van der Waals surface area (Å²) in [6.45, 7) is 3.40. The van der Waals surface area contributed by atoms with Crippen LogP contribution in [0.15, 0.2) is 17.6 Å². The van der Waals surface area contributed by atoms with Gasteiger partial charge in [0.2, 0.25) is 0 Å². The summed E-state index contributed by atoms with van der Waals surface area (Å²) in [5.41, 5.74) is 1.72. The van der Waals surface area contributed by atoms with Crippen LogP contribution in [-0.4, -0.2) is 58.5 Å². The number of nitrogens with zero attached hydrogens (tertiary/aromatic N) is 5. The fraction of sp³-hybridized carbons (Fsp3) is 0.571. The topological polar surface area (TPSA) is 80.6 Å². The highest BCUT2D eigenvalue weighted by Crippen LogP contribution is 2.19. The van der Waals surface area contributed by atoms with Crippen molar-refractivity contribution in [2.45, 2.75) is 32.7 Å². The van der Waals surface area contributed by atoms with Crippen LogP contribution in [0.1, 0.15) is 16.4 Å². The Kier molecular flexibility index (Phi) is 5.02. The van der Waals surface area contributed by atoms with E-state index in [1.807, 2.05) is 23.1 Å². The van der Waals surface area contributed by atoms with E-state index in [0.29, 0.717) is 13.2 Å². The standard InChI is InChI=1S/C14H21N5O3S2/c1-11-16-12(10-23-11)9-22-14-7-18(24(20,21)17(2)3)6-13-4-5-15-19(13)8-14/h4-5,10,14H,6-9H2,1-3H3/t14-/m0/s1. The van der Waals surface area contributed by atoms with Crippen LogP contribution in [0.4, 0.5) is 0 Å². The summed E-state index contributed by atoms with van der Waals surface area (Å²) >= 11 is 1.57. The minimum atomic E-state index is -3.52. The predicted molar refractivity (Wildman–Crippen MR) is 90.7 cm³/mol. The Labute approximate surface area is 145 Å². The Morgan fingerprint density at radius 2 is 2.21 bits per heavy atom. The lowest BCUT2D eigenvalue weighted by atomic mass is 10.3. The van der Waals surface area contributed by atoms with Gasteiger partial charge in [0.15, 0.2) is 0 Å². The highest BCUT2D eigenvalue weighted by molar-refractivity contribution is 7.86. The molecule has 0 N–H and O–H groups in total. The van der Waals surface area contributed by atoms with Gasteiger partial charge in [-0.25, -0.2) is 4.98 Å². The summed E-state index contributed by atoms with van der Waals surface area (Å²) in [5, 5.41) is 7.22.